The molecule has 0 fully saturated rings. The number of hydrogen-bond acceptors (Lipinski definition) is 6. The fourth-order valence-electron chi connectivity index (χ4n) is 2.13. The Morgan fingerprint density at radius 1 is 1.38 bits per heavy atom. The third-order valence-corrected chi connectivity index (χ3v) is 5.70. The van der Waals surface area contributed by atoms with Gasteiger partial charge in [0.15, 0.2) is 0 Å². The Hall–Kier alpha value is -2.53. The molecule has 1 aromatic rings. The average molecular weight is 387 g/mol. The first-order valence-electron chi connectivity index (χ1n) is 7.73. The zero-order chi connectivity index (χ0) is 20.1. The highest BCUT2D eigenvalue weighted by Crippen LogP contribution is 2.20. The minimum absolute atomic E-state index is 0.335. The Balaban J connectivity index is 2.93. The topological polar surface area (TPSA) is 147 Å². The number of amides is 1. The molecule has 0 unspecified atom stereocenters. The summed E-state index contributed by atoms with van der Waals surface area (Å²) >= 11 is 0. The van der Waals surface area contributed by atoms with E-state index >= 15 is 0 Å². The van der Waals surface area contributed by atoms with Crippen molar-refractivity contribution in [3.05, 3.63) is 34.4 Å². The molecule has 10 nitrogen and oxygen atoms in total. The molecule has 0 aliphatic rings. The second-order valence-corrected chi connectivity index (χ2v) is 7.83. The van der Waals surface area contributed by atoms with E-state index in [9.17, 15) is 28.1 Å². The predicted octanol–water partition coefficient (Wildman–Crippen LogP) is 0.831. The number of likely N-dealkylation sites (N-methyl/N-ethyl adjacent to an activating group) is 1. The molecule has 0 spiro atoms. The van der Waals surface area contributed by atoms with Gasteiger partial charge in [0.05, 0.1) is 16.4 Å². The molecule has 11 heteroatoms. The maximum absolute atomic E-state index is 12.5. The molecule has 2 N–H and O–H groups in total. The van der Waals surface area contributed by atoms with Gasteiger partial charge in [0.25, 0.3) is 5.69 Å². The van der Waals surface area contributed by atoms with Crippen LogP contribution in [0.2, 0.25) is 0 Å². The monoisotopic (exact) mass is 387 g/mol. The summed E-state index contributed by atoms with van der Waals surface area (Å²) in [5.74, 6) is -2.33. The number of carboxylic acid groups (broad SMARTS) is 1. The molecule has 144 valence electrons. The summed E-state index contributed by atoms with van der Waals surface area (Å²) in [6, 6.07) is 3.30. The third kappa shape index (κ3) is 5.23. The maximum Gasteiger partial charge on any atom is 0.326 e. The van der Waals surface area contributed by atoms with Crippen molar-refractivity contribution in [2.24, 2.45) is 5.92 Å². The van der Waals surface area contributed by atoms with E-state index in [1.807, 2.05) is 0 Å². The largest absolute Gasteiger partial charge is 0.480 e. The van der Waals surface area contributed by atoms with Gasteiger partial charge in [-0.2, -0.15) is 4.31 Å². The summed E-state index contributed by atoms with van der Waals surface area (Å²) in [6.07, 6.45) is 0.513. The summed E-state index contributed by atoms with van der Waals surface area (Å²) < 4.78 is 25.6. The van der Waals surface area contributed by atoms with Gasteiger partial charge in [0.1, 0.15) is 6.04 Å². The number of nitro benzene ring substituents is 1. The Morgan fingerprint density at radius 2 is 2.00 bits per heavy atom. The fraction of sp³-hybridized carbons (Fsp3) is 0.467. The highest BCUT2D eigenvalue weighted by atomic mass is 32.2. The van der Waals surface area contributed by atoms with E-state index in [0.717, 1.165) is 19.2 Å². The number of hydrogen-bond donors (Lipinski definition) is 2. The lowest BCUT2D eigenvalue weighted by molar-refractivity contribution is -0.385. The van der Waals surface area contributed by atoms with Gasteiger partial charge in [0.2, 0.25) is 15.9 Å². The van der Waals surface area contributed by atoms with Gasteiger partial charge in [-0.1, -0.05) is 26.3 Å². The molecule has 0 heterocycles. The van der Waals surface area contributed by atoms with E-state index in [1.54, 1.807) is 13.8 Å². The number of nitro groups is 1. The second kappa shape index (κ2) is 8.72. The summed E-state index contributed by atoms with van der Waals surface area (Å²) in [6.45, 7) is 2.81. The quantitative estimate of drug-likeness (QED) is 0.471. The molecule has 1 rings (SSSR count). The van der Waals surface area contributed by atoms with Crippen molar-refractivity contribution in [2.45, 2.75) is 31.2 Å². The first kappa shape index (κ1) is 21.5. The molecule has 26 heavy (non-hydrogen) atoms. The Morgan fingerprint density at radius 3 is 2.50 bits per heavy atom. The molecule has 1 aromatic carbocycles. The molecule has 0 bridgehead atoms. The minimum Gasteiger partial charge on any atom is -0.480 e. The Labute approximate surface area is 151 Å². The van der Waals surface area contributed by atoms with Crippen molar-refractivity contribution < 1.29 is 28.0 Å². The van der Waals surface area contributed by atoms with E-state index in [2.05, 4.69) is 5.32 Å². The van der Waals surface area contributed by atoms with Gasteiger partial charge < -0.3 is 10.4 Å². The number of aliphatic carboxylic acids is 1. The molecule has 0 saturated carbocycles. The number of carbonyl (C=O) groups excluding carboxylic acids is 1. The molecule has 0 aliphatic carbocycles. The summed E-state index contributed by atoms with van der Waals surface area (Å²) in [7, 11) is -3.02. The van der Waals surface area contributed by atoms with E-state index in [4.69, 9.17) is 5.11 Å². The van der Waals surface area contributed by atoms with Crippen molar-refractivity contribution in [1.82, 2.24) is 9.62 Å². The molecule has 2 atom stereocenters. The number of non-ortho nitro benzene ring substituents is 1. The van der Waals surface area contributed by atoms with Crippen molar-refractivity contribution in [3.63, 3.8) is 0 Å². The van der Waals surface area contributed by atoms with Crippen LogP contribution in [0.1, 0.15) is 20.3 Å². The number of nitrogens with one attached hydrogen (secondary N) is 1. The fourth-order valence-corrected chi connectivity index (χ4v) is 3.29. The molecular formula is C15H21N3O7S. The van der Waals surface area contributed by atoms with Crippen LogP contribution in [0.5, 0.6) is 0 Å². The van der Waals surface area contributed by atoms with Crippen molar-refractivity contribution in [2.75, 3.05) is 13.6 Å². The molecule has 0 aliphatic heterocycles. The van der Waals surface area contributed by atoms with Crippen LogP contribution in [0.3, 0.4) is 0 Å². The smallest absolute Gasteiger partial charge is 0.326 e. The van der Waals surface area contributed by atoms with E-state index in [0.29, 0.717) is 10.7 Å². The maximum atomic E-state index is 12.5. The van der Waals surface area contributed by atoms with Crippen LogP contribution in [-0.4, -0.2) is 54.3 Å². The predicted molar refractivity (Wildman–Crippen MR) is 91.9 cm³/mol. The Bertz CT molecular complexity index is 794. The van der Waals surface area contributed by atoms with E-state index < -0.39 is 45.1 Å². The Kier molecular flexibility index (Phi) is 7.21. The lowest BCUT2D eigenvalue weighted by Gasteiger charge is -2.22. The summed E-state index contributed by atoms with van der Waals surface area (Å²) in [5.41, 5.74) is -0.397. The van der Waals surface area contributed by atoms with Gasteiger partial charge in [-0.3, -0.25) is 14.9 Å². The lowest BCUT2D eigenvalue weighted by atomic mass is 9.99. The standard InChI is InChI=1S/C15H21N3O7S/c1-4-10(2)14(15(20)21)16-13(19)9-17(3)26(24,25)12-7-5-6-11(8-12)18(22)23/h5-8,10,14H,4,9H2,1-3H3,(H,16,19)(H,20,21)/t10-,14-/m0/s1. The van der Waals surface area contributed by atoms with Gasteiger partial charge in [-0.25, -0.2) is 13.2 Å². The van der Waals surface area contributed by atoms with Gasteiger partial charge in [-0.15, -0.1) is 0 Å². The van der Waals surface area contributed by atoms with E-state index in [1.165, 1.54) is 12.1 Å². The first-order chi connectivity index (χ1) is 12.0. The van der Waals surface area contributed by atoms with Crippen LogP contribution in [0, 0.1) is 16.0 Å². The number of rotatable bonds is 9. The number of nitrogens with zero attached hydrogens (tertiary/aromatic N) is 2. The van der Waals surface area contributed by atoms with Gasteiger partial charge in [-0.05, 0) is 12.0 Å². The highest BCUT2D eigenvalue weighted by molar-refractivity contribution is 7.89. The van der Waals surface area contributed by atoms with Gasteiger partial charge >= 0.3 is 5.97 Å². The van der Waals surface area contributed by atoms with Crippen LogP contribution in [0.4, 0.5) is 5.69 Å². The molecule has 0 saturated heterocycles. The van der Waals surface area contributed by atoms with Crippen LogP contribution >= 0.6 is 0 Å². The zero-order valence-electron chi connectivity index (χ0n) is 14.6. The molecular weight excluding hydrogens is 366 g/mol. The SMILES string of the molecule is CC[C@H](C)[C@H](NC(=O)CN(C)S(=O)(=O)c1cccc([N+](=O)[O-])c1)C(=O)O. The lowest BCUT2D eigenvalue weighted by Crippen LogP contribution is -2.48. The van der Waals surface area contributed by atoms with Crippen LogP contribution in [0.25, 0.3) is 0 Å². The number of carboxylic acids is 1. The normalized spacial score (nSPS) is 13.8. The first-order valence-corrected chi connectivity index (χ1v) is 9.17. The van der Waals surface area contributed by atoms with Crippen LogP contribution < -0.4 is 5.32 Å². The summed E-state index contributed by atoms with van der Waals surface area (Å²) in [5, 5.41) is 22.2. The van der Waals surface area contributed by atoms with Crippen LogP contribution in [0.15, 0.2) is 29.2 Å². The second-order valence-electron chi connectivity index (χ2n) is 5.78. The number of sulfonamides is 1. The molecule has 0 radical (unpaired) electrons. The summed E-state index contributed by atoms with van der Waals surface area (Å²) in [4.78, 5) is 33.0. The molecule has 1 amide bonds. The highest BCUT2D eigenvalue weighted by Gasteiger charge is 2.28. The number of carbonyl (C=O) groups is 2. The average Bonchev–Trinajstić information content (AvgIpc) is 2.58. The van der Waals surface area contributed by atoms with Crippen molar-refractivity contribution in [3.8, 4) is 0 Å². The van der Waals surface area contributed by atoms with Gasteiger partial charge in [0, 0.05) is 19.2 Å². The van der Waals surface area contributed by atoms with Crippen molar-refractivity contribution >= 4 is 27.6 Å². The number of benzene rings is 1. The minimum atomic E-state index is -4.15. The van der Waals surface area contributed by atoms with Crippen LogP contribution in [-0.2, 0) is 19.6 Å². The van der Waals surface area contributed by atoms with Crippen molar-refractivity contribution in [1.29, 1.82) is 0 Å². The zero-order valence-corrected chi connectivity index (χ0v) is 15.4. The third-order valence-electron chi connectivity index (χ3n) is 3.90. The molecule has 0 aromatic heterocycles. The van der Waals surface area contributed by atoms with E-state index in [-0.39, 0.29) is 10.8 Å².